The number of urea groups is 1. The van der Waals surface area contributed by atoms with Crippen molar-refractivity contribution in [3.63, 3.8) is 0 Å². The molecule has 2 heterocycles. The third kappa shape index (κ3) is 9.32. The van der Waals surface area contributed by atoms with E-state index in [0.717, 1.165) is 19.3 Å². The summed E-state index contributed by atoms with van der Waals surface area (Å²) in [6, 6.07) is 13.0. The predicted molar refractivity (Wildman–Crippen MR) is 179 cm³/mol. The Morgan fingerprint density at radius 2 is 1.85 bits per heavy atom. The standard InChI is InChI=1S/C35H47N5O7/c1-22-19-40(23(2)21-41)34(43)29-18-28(36-33(42)27-13-8-7-9-14-27)15-16-30(29)46-24(3)12-10-11-17-45-31(22)20-39(6)35(44)37-32-25(4)38-47-26(32)5/h7-9,13-16,18,22-24,31,41H,10-12,17,19-21H2,1-6H3,(H,36,42)(H,37,44)/t22-,23-,24-,31-/m1/s1. The molecule has 1 aliphatic heterocycles. The van der Waals surface area contributed by atoms with Crippen LogP contribution in [0.4, 0.5) is 16.2 Å². The van der Waals surface area contributed by atoms with E-state index in [1.807, 2.05) is 19.9 Å². The molecular formula is C35H47N5O7. The maximum absolute atomic E-state index is 14.3. The van der Waals surface area contributed by atoms with E-state index in [0.29, 0.717) is 40.7 Å². The number of aliphatic hydroxyl groups excluding tert-OH is 1. The number of carbonyl (C=O) groups is 3. The van der Waals surface area contributed by atoms with Gasteiger partial charge >= 0.3 is 6.03 Å². The van der Waals surface area contributed by atoms with E-state index in [-0.39, 0.29) is 55.1 Å². The molecule has 3 aromatic rings. The van der Waals surface area contributed by atoms with Gasteiger partial charge in [-0.1, -0.05) is 30.3 Å². The number of anilines is 2. The number of carbonyl (C=O) groups excluding carboxylic acids is 3. The summed E-state index contributed by atoms with van der Waals surface area (Å²) in [7, 11) is 1.69. The average molecular weight is 650 g/mol. The van der Waals surface area contributed by atoms with E-state index in [2.05, 4.69) is 15.8 Å². The minimum atomic E-state index is -0.535. The fourth-order valence-corrected chi connectivity index (χ4v) is 5.47. The second-order valence-corrected chi connectivity index (χ2v) is 12.3. The topological polar surface area (TPSA) is 146 Å². The number of fused-ring (bicyclic) bond motifs is 1. The number of amides is 4. The number of nitrogens with zero attached hydrogens (tertiary/aromatic N) is 3. The summed E-state index contributed by atoms with van der Waals surface area (Å²) in [5, 5.41) is 19.9. The summed E-state index contributed by atoms with van der Waals surface area (Å²) < 4.78 is 17.8. The van der Waals surface area contributed by atoms with Gasteiger partial charge in [-0.3, -0.25) is 9.59 Å². The third-order valence-electron chi connectivity index (χ3n) is 8.41. The van der Waals surface area contributed by atoms with Crippen LogP contribution >= 0.6 is 0 Å². The highest BCUT2D eigenvalue weighted by atomic mass is 16.5. The molecule has 0 unspecified atom stereocenters. The van der Waals surface area contributed by atoms with E-state index < -0.39 is 12.1 Å². The molecule has 12 nitrogen and oxygen atoms in total. The fourth-order valence-electron chi connectivity index (χ4n) is 5.47. The molecule has 3 N–H and O–H groups in total. The zero-order valence-corrected chi connectivity index (χ0v) is 28.1. The number of benzene rings is 2. The second kappa shape index (κ2) is 16.4. The van der Waals surface area contributed by atoms with Gasteiger partial charge in [-0.05, 0) is 77.3 Å². The van der Waals surface area contributed by atoms with Crippen LogP contribution in [0.5, 0.6) is 5.75 Å². The first-order valence-corrected chi connectivity index (χ1v) is 16.1. The van der Waals surface area contributed by atoms with E-state index in [9.17, 15) is 19.5 Å². The molecule has 0 saturated carbocycles. The van der Waals surface area contributed by atoms with E-state index in [1.165, 1.54) is 0 Å². The summed E-state index contributed by atoms with van der Waals surface area (Å²) in [6.07, 6.45) is 1.77. The molecule has 0 saturated heterocycles. The first kappa shape index (κ1) is 35.4. The summed E-state index contributed by atoms with van der Waals surface area (Å²) in [5.41, 5.74) is 2.33. The van der Waals surface area contributed by atoms with Crippen LogP contribution in [0.2, 0.25) is 0 Å². The van der Waals surface area contributed by atoms with Crippen molar-refractivity contribution in [3.05, 3.63) is 71.1 Å². The zero-order chi connectivity index (χ0) is 34.1. The first-order valence-electron chi connectivity index (χ1n) is 16.1. The third-order valence-corrected chi connectivity index (χ3v) is 8.41. The largest absolute Gasteiger partial charge is 0.490 e. The van der Waals surface area contributed by atoms with E-state index >= 15 is 0 Å². The highest BCUT2D eigenvalue weighted by molar-refractivity contribution is 6.05. The van der Waals surface area contributed by atoms with Gasteiger partial charge in [0.1, 0.15) is 17.1 Å². The van der Waals surface area contributed by atoms with Crippen LogP contribution in [0.25, 0.3) is 0 Å². The lowest BCUT2D eigenvalue weighted by Crippen LogP contribution is -2.48. The van der Waals surface area contributed by atoms with Crippen LogP contribution < -0.4 is 15.4 Å². The number of likely N-dealkylation sites (N-methyl/N-ethyl adjacent to an activating group) is 1. The Bertz CT molecular complexity index is 1490. The molecule has 0 spiro atoms. The fraction of sp³-hybridized carbons (Fsp3) is 0.486. The summed E-state index contributed by atoms with van der Waals surface area (Å²) in [4.78, 5) is 43.6. The van der Waals surface area contributed by atoms with Crippen LogP contribution in [-0.4, -0.2) is 89.5 Å². The number of aromatic nitrogens is 1. The number of nitrogens with one attached hydrogen (secondary N) is 2. The Kier molecular flexibility index (Phi) is 12.4. The maximum Gasteiger partial charge on any atom is 0.321 e. The lowest BCUT2D eigenvalue weighted by atomic mass is 10.0. The van der Waals surface area contributed by atoms with Crippen molar-refractivity contribution < 1.29 is 33.5 Å². The number of hydrogen-bond donors (Lipinski definition) is 3. The quantitative estimate of drug-likeness (QED) is 0.304. The number of aryl methyl sites for hydroxylation is 2. The molecule has 0 bridgehead atoms. The summed E-state index contributed by atoms with van der Waals surface area (Å²) in [6.45, 7) is 9.90. The van der Waals surface area contributed by atoms with Gasteiger partial charge in [-0.25, -0.2) is 4.79 Å². The smallest absolute Gasteiger partial charge is 0.321 e. The molecule has 0 fully saturated rings. The summed E-state index contributed by atoms with van der Waals surface area (Å²) in [5.74, 6) is 0.0416. The van der Waals surface area contributed by atoms with Gasteiger partial charge in [0.15, 0.2) is 5.76 Å². The lowest BCUT2D eigenvalue weighted by Gasteiger charge is -2.35. The molecule has 4 rings (SSSR count). The van der Waals surface area contributed by atoms with Crippen molar-refractivity contribution in [1.29, 1.82) is 0 Å². The lowest BCUT2D eigenvalue weighted by molar-refractivity contribution is -0.0115. The Morgan fingerprint density at radius 3 is 2.53 bits per heavy atom. The van der Waals surface area contributed by atoms with Crippen LogP contribution in [-0.2, 0) is 4.74 Å². The minimum absolute atomic E-state index is 0.188. The van der Waals surface area contributed by atoms with Gasteiger partial charge in [-0.2, -0.15) is 0 Å². The molecule has 4 amide bonds. The number of ether oxygens (including phenoxy) is 2. The average Bonchev–Trinajstić information content (AvgIpc) is 3.38. The van der Waals surface area contributed by atoms with Crippen molar-refractivity contribution in [3.8, 4) is 5.75 Å². The Morgan fingerprint density at radius 1 is 1.11 bits per heavy atom. The van der Waals surface area contributed by atoms with Crippen molar-refractivity contribution in [2.75, 3.05) is 44.0 Å². The van der Waals surface area contributed by atoms with Gasteiger partial charge in [0.05, 0.1) is 30.4 Å². The molecule has 1 aromatic heterocycles. The number of aliphatic hydroxyl groups is 1. The van der Waals surface area contributed by atoms with Crippen LogP contribution in [0.15, 0.2) is 53.1 Å². The number of rotatable bonds is 7. The van der Waals surface area contributed by atoms with Crippen molar-refractivity contribution >= 4 is 29.2 Å². The monoisotopic (exact) mass is 649 g/mol. The molecule has 1 aliphatic rings. The van der Waals surface area contributed by atoms with Gasteiger partial charge in [-0.15, -0.1) is 0 Å². The zero-order valence-electron chi connectivity index (χ0n) is 28.1. The second-order valence-electron chi connectivity index (χ2n) is 12.3. The van der Waals surface area contributed by atoms with Crippen molar-refractivity contribution in [2.45, 2.75) is 72.1 Å². The first-order chi connectivity index (χ1) is 22.5. The Balaban J connectivity index is 1.60. The number of hydrogen-bond acceptors (Lipinski definition) is 8. The van der Waals surface area contributed by atoms with Crippen molar-refractivity contribution in [2.24, 2.45) is 5.92 Å². The molecule has 2 aromatic carbocycles. The molecule has 47 heavy (non-hydrogen) atoms. The normalized spacial score (nSPS) is 19.9. The minimum Gasteiger partial charge on any atom is -0.490 e. The molecule has 4 atom stereocenters. The predicted octanol–water partition coefficient (Wildman–Crippen LogP) is 5.50. The van der Waals surface area contributed by atoms with Gasteiger partial charge in [0.25, 0.3) is 11.8 Å². The molecule has 0 radical (unpaired) electrons. The molecule has 0 aliphatic carbocycles. The maximum atomic E-state index is 14.3. The van der Waals surface area contributed by atoms with E-state index in [1.54, 1.807) is 80.1 Å². The van der Waals surface area contributed by atoms with Crippen LogP contribution in [0.3, 0.4) is 0 Å². The van der Waals surface area contributed by atoms with E-state index in [4.69, 9.17) is 14.0 Å². The van der Waals surface area contributed by atoms with Gasteiger partial charge in [0.2, 0.25) is 0 Å². The highest BCUT2D eigenvalue weighted by Crippen LogP contribution is 2.29. The molecule has 12 heteroatoms. The van der Waals surface area contributed by atoms with Crippen LogP contribution in [0, 0.1) is 19.8 Å². The Labute approximate surface area is 276 Å². The molecule has 254 valence electrons. The summed E-state index contributed by atoms with van der Waals surface area (Å²) >= 11 is 0. The highest BCUT2D eigenvalue weighted by Gasteiger charge is 2.31. The van der Waals surface area contributed by atoms with Gasteiger partial charge < -0.3 is 39.5 Å². The van der Waals surface area contributed by atoms with Gasteiger partial charge in [0, 0.05) is 43.9 Å². The van der Waals surface area contributed by atoms with Crippen molar-refractivity contribution in [1.82, 2.24) is 15.0 Å². The molecular weight excluding hydrogens is 602 g/mol. The Hall–Kier alpha value is -4.42. The van der Waals surface area contributed by atoms with Crippen LogP contribution in [0.1, 0.15) is 72.2 Å². The SMILES string of the molecule is Cc1noc(C)c1NC(=O)N(C)C[C@H]1OCCCC[C@@H](C)Oc2ccc(NC(=O)c3ccccc3)cc2C(=O)N([C@H](C)CO)C[C@H]1C.